The summed E-state index contributed by atoms with van der Waals surface area (Å²) < 4.78 is 19.7. The SMILES string of the molecule is CC1CN(Cc2cc(F)cc(Br)c2)CCN1C(=O)OC(C)(C)C. The first-order chi connectivity index (χ1) is 10.6. The summed E-state index contributed by atoms with van der Waals surface area (Å²) in [6.07, 6.45) is -0.266. The largest absolute Gasteiger partial charge is 0.444 e. The van der Waals surface area contributed by atoms with Gasteiger partial charge in [-0.1, -0.05) is 15.9 Å². The maximum atomic E-state index is 13.5. The van der Waals surface area contributed by atoms with E-state index in [1.54, 1.807) is 11.0 Å². The van der Waals surface area contributed by atoms with Crippen molar-refractivity contribution >= 4 is 22.0 Å². The van der Waals surface area contributed by atoms with Crippen LogP contribution in [-0.2, 0) is 11.3 Å². The van der Waals surface area contributed by atoms with Crippen LogP contribution in [-0.4, -0.2) is 47.2 Å². The standard InChI is InChI=1S/C17H24BrFN2O2/c1-12-10-20(11-13-7-14(18)9-15(19)8-13)5-6-21(12)16(22)23-17(2,3)4/h7-9,12H,5-6,10-11H2,1-4H3. The van der Waals surface area contributed by atoms with Crippen molar-refractivity contribution in [1.82, 2.24) is 9.80 Å². The molecule has 1 atom stereocenters. The Morgan fingerprint density at radius 2 is 2.04 bits per heavy atom. The zero-order chi connectivity index (χ0) is 17.2. The molecule has 1 aromatic rings. The first-order valence-electron chi connectivity index (χ1n) is 7.81. The summed E-state index contributed by atoms with van der Waals surface area (Å²) >= 11 is 3.32. The van der Waals surface area contributed by atoms with Gasteiger partial charge in [0.25, 0.3) is 0 Å². The second-order valence-corrected chi connectivity index (χ2v) is 7.95. The number of halogens is 2. The van der Waals surface area contributed by atoms with Gasteiger partial charge in [-0.05, 0) is 51.5 Å². The lowest BCUT2D eigenvalue weighted by atomic mass is 10.1. The second kappa shape index (κ2) is 7.18. The molecule has 0 spiro atoms. The van der Waals surface area contributed by atoms with Gasteiger partial charge in [-0.25, -0.2) is 9.18 Å². The van der Waals surface area contributed by atoms with Gasteiger partial charge < -0.3 is 9.64 Å². The first kappa shape index (κ1) is 18.2. The maximum Gasteiger partial charge on any atom is 0.410 e. The number of benzene rings is 1. The van der Waals surface area contributed by atoms with E-state index in [0.29, 0.717) is 13.1 Å². The van der Waals surface area contributed by atoms with Crippen molar-refractivity contribution in [3.8, 4) is 0 Å². The third-order valence-electron chi connectivity index (χ3n) is 3.67. The Balaban J connectivity index is 1.94. The molecular formula is C17H24BrFN2O2. The molecule has 0 bridgehead atoms. The van der Waals surface area contributed by atoms with Crippen molar-refractivity contribution in [2.24, 2.45) is 0 Å². The molecule has 0 aliphatic carbocycles. The number of ether oxygens (including phenoxy) is 1. The maximum absolute atomic E-state index is 13.5. The van der Waals surface area contributed by atoms with E-state index in [9.17, 15) is 9.18 Å². The van der Waals surface area contributed by atoms with Gasteiger partial charge in [0.2, 0.25) is 0 Å². The molecule has 1 heterocycles. The molecule has 1 aliphatic heterocycles. The molecule has 1 aliphatic rings. The number of amides is 1. The highest BCUT2D eigenvalue weighted by atomic mass is 79.9. The van der Waals surface area contributed by atoms with E-state index in [1.165, 1.54) is 6.07 Å². The fourth-order valence-corrected chi connectivity index (χ4v) is 3.24. The molecule has 6 heteroatoms. The smallest absolute Gasteiger partial charge is 0.410 e. The lowest BCUT2D eigenvalue weighted by molar-refractivity contribution is 0.000558. The van der Waals surface area contributed by atoms with Crippen LogP contribution in [0.3, 0.4) is 0 Å². The molecule has 1 fully saturated rings. The molecule has 4 nitrogen and oxygen atoms in total. The molecule has 0 radical (unpaired) electrons. The molecule has 0 aromatic heterocycles. The molecule has 1 unspecified atom stereocenters. The average molecular weight is 387 g/mol. The Hall–Kier alpha value is -1.14. The minimum atomic E-state index is -0.484. The number of piperazine rings is 1. The van der Waals surface area contributed by atoms with Crippen LogP contribution in [0, 0.1) is 5.82 Å². The van der Waals surface area contributed by atoms with Gasteiger partial charge in [-0.15, -0.1) is 0 Å². The van der Waals surface area contributed by atoms with E-state index < -0.39 is 5.60 Å². The summed E-state index contributed by atoms with van der Waals surface area (Å²) in [5, 5.41) is 0. The van der Waals surface area contributed by atoms with Gasteiger partial charge in [0.05, 0.1) is 0 Å². The zero-order valence-corrected chi connectivity index (χ0v) is 15.7. The van der Waals surface area contributed by atoms with E-state index in [4.69, 9.17) is 4.74 Å². The highest BCUT2D eigenvalue weighted by molar-refractivity contribution is 9.10. The average Bonchev–Trinajstić information content (AvgIpc) is 2.34. The van der Waals surface area contributed by atoms with Crippen molar-refractivity contribution in [1.29, 1.82) is 0 Å². The van der Waals surface area contributed by atoms with Crippen molar-refractivity contribution in [2.45, 2.75) is 45.9 Å². The minimum Gasteiger partial charge on any atom is -0.444 e. The predicted molar refractivity (Wildman–Crippen MR) is 91.8 cm³/mol. The zero-order valence-electron chi connectivity index (χ0n) is 14.1. The molecule has 128 valence electrons. The number of nitrogens with zero attached hydrogens (tertiary/aromatic N) is 2. The Morgan fingerprint density at radius 3 is 2.61 bits per heavy atom. The van der Waals surface area contributed by atoms with Gasteiger partial charge in [0.1, 0.15) is 11.4 Å². The van der Waals surface area contributed by atoms with Crippen molar-refractivity contribution in [3.63, 3.8) is 0 Å². The predicted octanol–water partition coefficient (Wildman–Crippen LogP) is 4.03. The summed E-state index contributed by atoms with van der Waals surface area (Å²) in [6.45, 7) is 10.4. The topological polar surface area (TPSA) is 32.8 Å². The number of hydrogen-bond acceptors (Lipinski definition) is 3. The summed E-state index contributed by atoms with van der Waals surface area (Å²) in [4.78, 5) is 16.2. The normalized spacial score (nSPS) is 19.7. The number of carbonyl (C=O) groups excluding carboxylic acids is 1. The molecule has 1 saturated heterocycles. The number of rotatable bonds is 2. The van der Waals surface area contributed by atoms with Crippen LogP contribution in [0.5, 0.6) is 0 Å². The van der Waals surface area contributed by atoms with Crippen LogP contribution in [0.2, 0.25) is 0 Å². The lowest BCUT2D eigenvalue weighted by Gasteiger charge is -2.40. The summed E-state index contributed by atoms with van der Waals surface area (Å²) in [6, 6.07) is 4.99. The molecule has 0 N–H and O–H groups in total. The van der Waals surface area contributed by atoms with E-state index in [1.807, 2.05) is 33.8 Å². The van der Waals surface area contributed by atoms with E-state index in [0.717, 1.165) is 23.1 Å². The first-order valence-corrected chi connectivity index (χ1v) is 8.60. The highest BCUT2D eigenvalue weighted by Gasteiger charge is 2.30. The fraction of sp³-hybridized carbons (Fsp3) is 0.588. The second-order valence-electron chi connectivity index (χ2n) is 7.04. The Labute approximate surface area is 145 Å². The molecule has 1 amide bonds. The van der Waals surface area contributed by atoms with Crippen LogP contribution >= 0.6 is 15.9 Å². The van der Waals surface area contributed by atoms with Gasteiger partial charge in [-0.2, -0.15) is 0 Å². The van der Waals surface area contributed by atoms with Gasteiger partial charge in [-0.3, -0.25) is 4.90 Å². The summed E-state index contributed by atoms with van der Waals surface area (Å²) in [5.41, 5.74) is 0.441. The van der Waals surface area contributed by atoms with Crippen LogP contribution in [0.15, 0.2) is 22.7 Å². The van der Waals surface area contributed by atoms with Gasteiger partial charge in [0, 0.05) is 36.7 Å². The van der Waals surface area contributed by atoms with Crippen LogP contribution < -0.4 is 0 Å². The van der Waals surface area contributed by atoms with Crippen LogP contribution in [0.1, 0.15) is 33.3 Å². The summed E-state index contributed by atoms with van der Waals surface area (Å²) in [5.74, 6) is -0.241. The Morgan fingerprint density at radius 1 is 1.35 bits per heavy atom. The molecule has 1 aromatic carbocycles. The third kappa shape index (κ3) is 5.46. The van der Waals surface area contributed by atoms with Gasteiger partial charge >= 0.3 is 6.09 Å². The quantitative estimate of drug-likeness (QED) is 0.768. The van der Waals surface area contributed by atoms with Crippen LogP contribution in [0.25, 0.3) is 0 Å². The van der Waals surface area contributed by atoms with Crippen molar-refractivity contribution < 1.29 is 13.9 Å². The van der Waals surface area contributed by atoms with Crippen molar-refractivity contribution in [2.75, 3.05) is 19.6 Å². The lowest BCUT2D eigenvalue weighted by Crippen LogP contribution is -2.54. The third-order valence-corrected chi connectivity index (χ3v) is 4.13. The molecule has 2 rings (SSSR count). The van der Waals surface area contributed by atoms with E-state index in [2.05, 4.69) is 20.8 Å². The fourth-order valence-electron chi connectivity index (χ4n) is 2.73. The van der Waals surface area contributed by atoms with E-state index >= 15 is 0 Å². The molecule has 23 heavy (non-hydrogen) atoms. The Kier molecular flexibility index (Phi) is 5.68. The Bertz CT molecular complexity index is 554. The van der Waals surface area contributed by atoms with E-state index in [-0.39, 0.29) is 18.0 Å². The minimum absolute atomic E-state index is 0.0654. The van der Waals surface area contributed by atoms with Gasteiger partial charge in [0.15, 0.2) is 0 Å². The van der Waals surface area contributed by atoms with Crippen molar-refractivity contribution in [3.05, 3.63) is 34.1 Å². The highest BCUT2D eigenvalue weighted by Crippen LogP contribution is 2.20. The van der Waals surface area contributed by atoms with Crippen LogP contribution in [0.4, 0.5) is 9.18 Å². The summed E-state index contributed by atoms with van der Waals surface area (Å²) in [7, 11) is 0. The number of carbonyl (C=O) groups is 1. The number of hydrogen-bond donors (Lipinski definition) is 0. The molecule has 0 saturated carbocycles. The monoisotopic (exact) mass is 386 g/mol. The molecular weight excluding hydrogens is 363 g/mol.